The van der Waals surface area contributed by atoms with Gasteiger partial charge in [0, 0.05) is 23.7 Å². The van der Waals surface area contributed by atoms with Gasteiger partial charge in [-0.3, -0.25) is 0 Å². The van der Waals surface area contributed by atoms with Crippen molar-refractivity contribution in [3.63, 3.8) is 0 Å². The maximum atomic E-state index is 4.22. The molecule has 0 aliphatic carbocycles. The van der Waals surface area contributed by atoms with Crippen LogP contribution in [0.5, 0.6) is 0 Å². The van der Waals surface area contributed by atoms with E-state index in [9.17, 15) is 0 Å². The van der Waals surface area contributed by atoms with Crippen LogP contribution in [0.4, 0.5) is 5.13 Å². The van der Waals surface area contributed by atoms with Crippen molar-refractivity contribution in [3.8, 4) is 0 Å². The van der Waals surface area contributed by atoms with E-state index in [1.165, 1.54) is 12.8 Å². The molecule has 1 saturated heterocycles. The third-order valence-electron chi connectivity index (χ3n) is 2.38. The van der Waals surface area contributed by atoms with Crippen molar-refractivity contribution in [2.24, 2.45) is 0 Å². The molecular formula is C9H15N3S. The zero-order valence-corrected chi connectivity index (χ0v) is 8.60. The zero-order chi connectivity index (χ0) is 9.10. The Balaban J connectivity index is 1.87. The average molecular weight is 197 g/mol. The van der Waals surface area contributed by atoms with Gasteiger partial charge < -0.3 is 10.6 Å². The standard InChI is InChI=1S/C9H15N3S/c1-7-6-8(2-3-10-7)12-9-11-4-5-13-9/h4-5,7-8,10H,2-3,6H2,1H3,(H,11,12). The van der Waals surface area contributed by atoms with Gasteiger partial charge in [0.15, 0.2) is 5.13 Å². The Morgan fingerprint density at radius 3 is 3.31 bits per heavy atom. The summed E-state index contributed by atoms with van der Waals surface area (Å²) < 4.78 is 0. The molecule has 0 amide bonds. The summed E-state index contributed by atoms with van der Waals surface area (Å²) in [6.45, 7) is 3.35. The molecule has 2 unspecified atom stereocenters. The van der Waals surface area contributed by atoms with Gasteiger partial charge in [-0.05, 0) is 26.3 Å². The van der Waals surface area contributed by atoms with Gasteiger partial charge in [-0.1, -0.05) is 0 Å². The molecule has 0 spiro atoms. The highest BCUT2D eigenvalue weighted by atomic mass is 32.1. The number of piperidine rings is 1. The molecule has 0 radical (unpaired) electrons. The van der Waals surface area contributed by atoms with Crippen LogP contribution in [-0.4, -0.2) is 23.6 Å². The Morgan fingerprint density at radius 1 is 1.69 bits per heavy atom. The predicted octanol–water partition coefficient (Wildman–Crippen LogP) is 1.70. The van der Waals surface area contributed by atoms with Crippen LogP contribution in [-0.2, 0) is 0 Å². The molecule has 1 aromatic heterocycles. The average Bonchev–Trinajstić information content (AvgIpc) is 2.57. The van der Waals surface area contributed by atoms with Gasteiger partial charge >= 0.3 is 0 Å². The van der Waals surface area contributed by atoms with Gasteiger partial charge in [-0.15, -0.1) is 11.3 Å². The fraction of sp³-hybridized carbons (Fsp3) is 0.667. The lowest BCUT2D eigenvalue weighted by atomic mass is 10.0. The summed E-state index contributed by atoms with van der Waals surface area (Å²) in [5, 5.41) is 9.95. The molecule has 1 aliphatic heterocycles. The smallest absolute Gasteiger partial charge is 0.182 e. The first kappa shape index (κ1) is 8.97. The minimum atomic E-state index is 0.599. The van der Waals surface area contributed by atoms with E-state index in [1.807, 2.05) is 11.6 Å². The molecule has 4 heteroatoms. The van der Waals surface area contributed by atoms with E-state index in [-0.39, 0.29) is 0 Å². The third kappa shape index (κ3) is 2.42. The lowest BCUT2D eigenvalue weighted by Crippen LogP contribution is -2.41. The molecule has 2 heterocycles. The fourth-order valence-corrected chi connectivity index (χ4v) is 2.34. The van der Waals surface area contributed by atoms with E-state index in [0.29, 0.717) is 12.1 Å². The van der Waals surface area contributed by atoms with E-state index < -0.39 is 0 Å². The van der Waals surface area contributed by atoms with Crippen LogP contribution in [0.15, 0.2) is 11.6 Å². The fourth-order valence-electron chi connectivity index (χ4n) is 1.73. The van der Waals surface area contributed by atoms with Crippen LogP contribution in [0.25, 0.3) is 0 Å². The molecule has 1 fully saturated rings. The molecule has 72 valence electrons. The van der Waals surface area contributed by atoms with E-state index in [2.05, 4.69) is 22.5 Å². The largest absolute Gasteiger partial charge is 0.359 e. The van der Waals surface area contributed by atoms with Crippen molar-refractivity contribution in [2.45, 2.75) is 31.8 Å². The van der Waals surface area contributed by atoms with E-state index in [0.717, 1.165) is 11.7 Å². The van der Waals surface area contributed by atoms with Crippen LogP contribution >= 0.6 is 11.3 Å². The number of hydrogen-bond acceptors (Lipinski definition) is 4. The number of rotatable bonds is 2. The van der Waals surface area contributed by atoms with Gasteiger partial charge in [0.05, 0.1) is 0 Å². The number of aromatic nitrogens is 1. The molecule has 1 aliphatic rings. The van der Waals surface area contributed by atoms with E-state index in [4.69, 9.17) is 0 Å². The molecular weight excluding hydrogens is 182 g/mol. The highest BCUT2D eigenvalue weighted by Gasteiger charge is 2.18. The maximum absolute atomic E-state index is 4.22. The molecule has 0 saturated carbocycles. The Bertz CT molecular complexity index is 247. The van der Waals surface area contributed by atoms with Gasteiger partial charge in [0.25, 0.3) is 0 Å². The monoisotopic (exact) mass is 197 g/mol. The molecule has 13 heavy (non-hydrogen) atoms. The zero-order valence-electron chi connectivity index (χ0n) is 7.79. The number of nitrogens with one attached hydrogen (secondary N) is 2. The van der Waals surface area contributed by atoms with Gasteiger partial charge in [-0.25, -0.2) is 4.98 Å². The molecule has 2 rings (SSSR count). The topological polar surface area (TPSA) is 37.0 Å². The molecule has 0 bridgehead atoms. The highest BCUT2D eigenvalue weighted by molar-refractivity contribution is 7.13. The molecule has 1 aromatic rings. The second kappa shape index (κ2) is 4.07. The summed E-state index contributed by atoms with van der Waals surface area (Å²) >= 11 is 1.68. The van der Waals surface area contributed by atoms with Crippen LogP contribution in [0, 0.1) is 0 Å². The maximum Gasteiger partial charge on any atom is 0.182 e. The van der Waals surface area contributed by atoms with Crippen molar-refractivity contribution >= 4 is 16.5 Å². The molecule has 2 N–H and O–H groups in total. The first-order chi connectivity index (χ1) is 6.34. The summed E-state index contributed by atoms with van der Waals surface area (Å²) in [5.41, 5.74) is 0. The third-order valence-corrected chi connectivity index (χ3v) is 3.09. The second-order valence-corrected chi connectivity index (χ2v) is 4.45. The lowest BCUT2D eigenvalue weighted by molar-refractivity contribution is 0.396. The van der Waals surface area contributed by atoms with E-state index in [1.54, 1.807) is 11.3 Å². The van der Waals surface area contributed by atoms with Gasteiger partial charge in [-0.2, -0.15) is 0 Å². The van der Waals surface area contributed by atoms with Crippen LogP contribution in [0.1, 0.15) is 19.8 Å². The number of hydrogen-bond donors (Lipinski definition) is 2. The predicted molar refractivity (Wildman–Crippen MR) is 56.2 cm³/mol. The van der Waals surface area contributed by atoms with Crippen molar-refractivity contribution in [3.05, 3.63) is 11.6 Å². The normalized spacial score (nSPS) is 28.7. The van der Waals surface area contributed by atoms with Crippen molar-refractivity contribution in [2.75, 3.05) is 11.9 Å². The second-order valence-electron chi connectivity index (χ2n) is 3.56. The Morgan fingerprint density at radius 2 is 2.62 bits per heavy atom. The summed E-state index contributed by atoms with van der Waals surface area (Å²) in [7, 11) is 0. The van der Waals surface area contributed by atoms with Crippen LogP contribution in [0.3, 0.4) is 0 Å². The highest BCUT2D eigenvalue weighted by Crippen LogP contribution is 2.17. The SMILES string of the molecule is CC1CC(Nc2nccs2)CCN1. The quantitative estimate of drug-likeness (QED) is 0.757. The number of thiazole rings is 1. The van der Waals surface area contributed by atoms with E-state index >= 15 is 0 Å². The lowest BCUT2D eigenvalue weighted by Gasteiger charge is -2.28. The first-order valence-corrected chi connectivity index (χ1v) is 5.62. The minimum absolute atomic E-state index is 0.599. The van der Waals surface area contributed by atoms with Crippen LogP contribution in [0.2, 0.25) is 0 Å². The summed E-state index contributed by atoms with van der Waals surface area (Å²) in [5.74, 6) is 0. The first-order valence-electron chi connectivity index (χ1n) is 4.74. The van der Waals surface area contributed by atoms with Crippen LogP contribution < -0.4 is 10.6 Å². The minimum Gasteiger partial charge on any atom is -0.359 e. The Kier molecular flexibility index (Phi) is 2.80. The summed E-state index contributed by atoms with van der Waals surface area (Å²) in [6.07, 6.45) is 4.24. The van der Waals surface area contributed by atoms with Crippen molar-refractivity contribution < 1.29 is 0 Å². The molecule has 3 nitrogen and oxygen atoms in total. The summed E-state index contributed by atoms with van der Waals surface area (Å²) in [4.78, 5) is 4.22. The number of anilines is 1. The van der Waals surface area contributed by atoms with Crippen molar-refractivity contribution in [1.82, 2.24) is 10.3 Å². The summed E-state index contributed by atoms with van der Waals surface area (Å²) in [6, 6.07) is 1.23. The van der Waals surface area contributed by atoms with Crippen molar-refractivity contribution in [1.29, 1.82) is 0 Å². The Labute approximate surface area is 82.6 Å². The molecule has 0 aromatic carbocycles. The number of nitrogens with zero attached hydrogens (tertiary/aromatic N) is 1. The Hall–Kier alpha value is -0.610. The van der Waals surface area contributed by atoms with Gasteiger partial charge in [0.2, 0.25) is 0 Å². The molecule has 2 atom stereocenters. The van der Waals surface area contributed by atoms with Gasteiger partial charge in [0.1, 0.15) is 0 Å².